The summed E-state index contributed by atoms with van der Waals surface area (Å²) >= 11 is 0. The van der Waals surface area contributed by atoms with Crippen molar-refractivity contribution < 1.29 is 0 Å². The third-order valence-corrected chi connectivity index (χ3v) is 9.28. The van der Waals surface area contributed by atoms with Crippen LogP contribution in [0.5, 0.6) is 0 Å². The molecule has 5 aromatic carbocycles. The molecule has 230 valence electrons. The third-order valence-electron chi connectivity index (χ3n) is 9.28. The molecule has 0 aliphatic carbocycles. The van der Waals surface area contributed by atoms with Gasteiger partial charge in [-0.25, -0.2) is 9.97 Å². The Morgan fingerprint density at radius 1 is 0.440 bits per heavy atom. The van der Waals surface area contributed by atoms with E-state index in [2.05, 4.69) is 69.8 Å². The van der Waals surface area contributed by atoms with Crippen molar-refractivity contribution in [2.24, 2.45) is 0 Å². The predicted octanol–water partition coefficient (Wildman–Crippen LogP) is 9.62. The van der Waals surface area contributed by atoms with Gasteiger partial charge in [0.15, 0.2) is 0 Å². The monoisotopic (exact) mass is 637 g/mol. The van der Waals surface area contributed by atoms with E-state index < -0.39 is 0 Å². The highest BCUT2D eigenvalue weighted by Crippen LogP contribution is 2.39. The Hall–Kier alpha value is -7.53. The van der Waals surface area contributed by atoms with Crippen molar-refractivity contribution in [3.05, 3.63) is 156 Å². The molecule has 9 rings (SSSR count). The number of pyridine rings is 2. The molecule has 0 saturated carbocycles. The van der Waals surface area contributed by atoms with Crippen LogP contribution in [0.3, 0.4) is 0 Å². The molecule has 0 bridgehead atoms. The topological polar surface area (TPSA) is 107 Å². The van der Waals surface area contributed by atoms with Gasteiger partial charge in [0.05, 0.1) is 51.4 Å². The average Bonchev–Trinajstić information content (AvgIpc) is 3.70. The standard InChI is InChI=1S/C43H23N7/c44-24-27-11-15-30(16-12-27)32-6-1-2-7-33(32)31-22-41(48-42(23-31)50-38-10-4-3-8-34(38)35-9-5-19-47-43(35)50)49-39-17-13-28(25-45)20-36(39)37-21-29(26-46)14-18-40(37)49/h1-23H. The quantitative estimate of drug-likeness (QED) is 0.191. The fourth-order valence-corrected chi connectivity index (χ4v) is 7.03. The smallest absolute Gasteiger partial charge is 0.146 e. The lowest BCUT2D eigenvalue weighted by molar-refractivity contribution is 1.00. The molecule has 4 aromatic heterocycles. The second-order valence-electron chi connectivity index (χ2n) is 12.1. The number of hydrogen-bond acceptors (Lipinski definition) is 5. The van der Waals surface area contributed by atoms with Crippen molar-refractivity contribution in [1.82, 2.24) is 19.1 Å². The maximum atomic E-state index is 9.77. The molecule has 7 nitrogen and oxygen atoms in total. The van der Waals surface area contributed by atoms with E-state index in [0.717, 1.165) is 66.0 Å². The minimum atomic E-state index is 0.536. The second-order valence-corrected chi connectivity index (χ2v) is 12.1. The van der Waals surface area contributed by atoms with Gasteiger partial charge >= 0.3 is 0 Å². The lowest BCUT2D eigenvalue weighted by Crippen LogP contribution is -2.05. The Balaban J connectivity index is 1.40. The first-order valence-electron chi connectivity index (χ1n) is 16.0. The van der Waals surface area contributed by atoms with Crippen LogP contribution in [0.15, 0.2) is 140 Å². The highest BCUT2D eigenvalue weighted by molar-refractivity contribution is 6.10. The van der Waals surface area contributed by atoms with Gasteiger partial charge in [0.1, 0.15) is 17.3 Å². The van der Waals surface area contributed by atoms with Crippen LogP contribution >= 0.6 is 0 Å². The van der Waals surface area contributed by atoms with Crippen LogP contribution < -0.4 is 0 Å². The normalized spacial score (nSPS) is 11.1. The lowest BCUT2D eigenvalue weighted by Gasteiger charge is -2.16. The van der Waals surface area contributed by atoms with Gasteiger partial charge in [0.25, 0.3) is 0 Å². The molecule has 0 spiro atoms. The molecule has 0 amide bonds. The van der Waals surface area contributed by atoms with Crippen LogP contribution in [0.4, 0.5) is 0 Å². The van der Waals surface area contributed by atoms with E-state index in [4.69, 9.17) is 9.97 Å². The minimum Gasteiger partial charge on any atom is -0.294 e. The lowest BCUT2D eigenvalue weighted by atomic mass is 9.94. The van der Waals surface area contributed by atoms with Crippen LogP contribution in [-0.2, 0) is 0 Å². The molecule has 0 fully saturated rings. The number of nitrogens with zero attached hydrogens (tertiary/aromatic N) is 7. The summed E-state index contributed by atoms with van der Waals surface area (Å²) in [5, 5.41) is 32.8. The first-order valence-corrected chi connectivity index (χ1v) is 16.0. The highest BCUT2D eigenvalue weighted by atomic mass is 15.2. The van der Waals surface area contributed by atoms with E-state index in [0.29, 0.717) is 28.3 Å². The number of fused-ring (bicyclic) bond motifs is 6. The zero-order chi connectivity index (χ0) is 33.8. The van der Waals surface area contributed by atoms with E-state index >= 15 is 0 Å². The van der Waals surface area contributed by atoms with E-state index in [1.165, 1.54) is 0 Å². The van der Waals surface area contributed by atoms with Crippen molar-refractivity contribution in [2.75, 3.05) is 0 Å². The van der Waals surface area contributed by atoms with Crippen LogP contribution in [0.2, 0.25) is 0 Å². The summed E-state index contributed by atoms with van der Waals surface area (Å²) in [6, 6.07) is 50.3. The van der Waals surface area contributed by atoms with E-state index in [1.807, 2.05) is 91.0 Å². The summed E-state index contributed by atoms with van der Waals surface area (Å²) in [7, 11) is 0. The number of benzene rings is 5. The average molecular weight is 638 g/mol. The first-order chi connectivity index (χ1) is 24.6. The Morgan fingerprint density at radius 3 is 1.64 bits per heavy atom. The summed E-state index contributed by atoms with van der Waals surface area (Å²) in [5.41, 5.74) is 9.12. The van der Waals surface area contributed by atoms with Crippen molar-refractivity contribution in [3.8, 4) is 52.1 Å². The molecular formula is C43H23N7. The number of aromatic nitrogens is 4. The van der Waals surface area contributed by atoms with Gasteiger partial charge in [-0.15, -0.1) is 0 Å². The van der Waals surface area contributed by atoms with Gasteiger partial charge in [-0.2, -0.15) is 15.8 Å². The number of para-hydroxylation sites is 1. The zero-order valence-corrected chi connectivity index (χ0v) is 26.4. The van der Waals surface area contributed by atoms with Crippen molar-refractivity contribution in [3.63, 3.8) is 0 Å². The molecule has 0 radical (unpaired) electrons. The van der Waals surface area contributed by atoms with Gasteiger partial charge in [0, 0.05) is 27.7 Å². The molecule has 50 heavy (non-hydrogen) atoms. The Bertz CT molecular complexity index is 2840. The summed E-state index contributed by atoms with van der Waals surface area (Å²) in [5.74, 6) is 1.36. The molecule has 0 unspecified atom stereocenters. The summed E-state index contributed by atoms with van der Waals surface area (Å²) in [6.07, 6.45) is 1.80. The van der Waals surface area contributed by atoms with E-state index in [9.17, 15) is 15.8 Å². The summed E-state index contributed by atoms with van der Waals surface area (Å²) in [6.45, 7) is 0. The van der Waals surface area contributed by atoms with Gasteiger partial charge < -0.3 is 0 Å². The number of rotatable bonds is 4. The van der Waals surface area contributed by atoms with Crippen molar-refractivity contribution >= 4 is 43.7 Å². The van der Waals surface area contributed by atoms with Crippen LogP contribution in [0.25, 0.3) is 77.6 Å². The molecule has 9 aromatic rings. The molecule has 0 N–H and O–H groups in total. The fraction of sp³-hybridized carbons (Fsp3) is 0. The van der Waals surface area contributed by atoms with E-state index in [-0.39, 0.29) is 0 Å². The molecule has 0 aliphatic rings. The van der Waals surface area contributed by atoms with Crippen LogP contribution in [0, 0.1) is 34.0 Å². The van der Waals surface area contributed by atoms with E-state index in [1.54, 1.807) is 6.20 Å². The Morgan fingerprint density at radius 2 is 0.980 bits per heavy atom. The number of hydrogen-bond donors (Lipinski definition) is 0. The predicted molar refractivity (Wildman–Crippen MR) is 196 cm³/mol. The van der Waals surface area contributed by atoms with Gasteiger partial charge in [-0.3, -0.25) is 9.13 Å². The first kappa shape index (κ1) is 28.7. The zero-order valence-electron chi connectivity index (χ0n) is 26.4. The molecular weight excluding hydrogens is 615 g/mol. The maximum absolute atomic E-state index is 9.77. The second kappa shape index (κ2) is 11.3. The highest BCUT2D eigenvalue weighted by Gasteiger charge is 2.20. The van der Waals surface area contributed by atoms with Crippen LogP contribution in [0.1, 0.15) is 16.7 Å². The molecule has 4 heterocycles. The third kappa shape index (κ3) is 4.42. The largest absolute Gasteiger partial charge is 0.294 e. The maximum Gasteiger partial charge on any atom is 0.146 e. The Labute approximate surface area is 286 Å². The minimum absolute atomic E-state index is 0.536. The summed E-state index contributed by atoms with van der Waals surface area (Å²) < 4.78 is 4.21. The Kier molecular flexibility index (Phi) is 6.49. The fourth-order valence-electron chi connectivity index (χ4n) is 7.03. The van der Waals surface area contributed by atoms with Crippen molar-refractivity contribution in [1.29, 1.82) is 15.8 Å². The number of nitriles is 3. The molecule has 0 aliphatic heterocycles. The van der Waals surface area contributed by atoms with Gasteiger partial charge in [-0.05, 0) is 101 Å². The van der Waals surface area contributed by atoms with Gasteiger partial charge in [0.2, 0.25) is 0 Å². The van der Waals surface area contributed by atoms with Gasteiger partial charge in [-0.1, -0.05) is 54.6 Å². The van der Waals surface area contributed by atoms with Crippen molar-refractivity contribution in [2.45, 2.75) is 0 Å². The SMILES string of the molecule is N#Cc1ccc(-c2ccccc2-c2cc(-n3c4ccc(C#N)cc4c4cc(C#N)ccc43)nc(-n3c4ccccc4c4cccnc43)c2)cc1. The molecule has 7 heteroatoms. The molecule has 0 saturated heterocycles. The summed E-state index contributed by atoms with van der Waals surface area (Å²) in [4.78, 5) is 10.2. The van der Waals surface area contributed by atoms with Crippen LogP contribution in [-0.4, -0.2) is 19.1 Å². The molecule has 0 atom stereocenters.